The van der Waals surface area contributed by atoms with Crippen LogP contribution in [0.25, 0.3) is 0 Å². The van der Waals surface area contributed by atoms with Crippen LogP contribution in [0.2, 0.25) is 0 Å². The summed E-state index contributed by atoms with van der Waals surface area (Å²) in [6.07, 6.45) is 1.02. The Morgan fingerprint density at radius 2 is 1.78 bits per heavy atom. The minimum Gasteiger partial charge on any atom is -0.497 e. The highest BCUT2D eigenvalue weighted by Gasteiger charge is 2.11. The second kappa shape index (κ2) is 8.11. The molecule has 0 radical (unpaired) electrons. The van der Waals surface area contributed by atoms with Crippen LogP contribution >= 0.6 is 0 Å². The smallest absolute Gasteiger partial charge is 0.118 e. The average molecular weight is 251 g/mol. The normalized spacial score (nSPS) is 12.7. The third kappa shape index (κ3) is 5.07. The second-order valence-corrected chi connectivity index (χ2v) is 4.86. The maximum absolute atomic E-state index is 5.22. The quantitative estimate of drug-likeness (QED) is 0.770. The van der Waals surface area contributed by atoms with Gasteiger partial charge >= 0.3 is 0 Å². The predicted molar refractivity (Wildman–Crippen MR) is 75.2 cm³/mol. The Balaban J connectivity index is 2.35. The molecule has 1 unspecified atom stereocenters. The van der Waals surface area contributed by atoms with Gasteiger partial charge < -0.3 is 14.8 Å². The molecule has 0 saturated heterocycles. The first-order valence-corrected chi connectivity index (χ1v) is 6.52. The van der Waals surface area contributed by atoms with E-state index in [-0.39, 0.29) is 0 Å². The lowest BCUT2D eigenvalue weighted by molar-refractivity contribution is 0.147. The molecule has 0 fully saturated rings. The van der Waals surface area contributed by atoms with Crippen molar-refractivity contribution in [2.75, 3.05) is 27.4 Å². The van der Waals surface area contributed by atoms with Crippen LogP contribution in [0.4, 0.5) is 0 Å². The maximum Gasteiger partial charge on any atom is 0.118 e. The van der Waals surface area contributed by atoms with Gasteiger partial charge in [-0.2, -0.15) is 0 Å². The van der Waals surface area contributed by atoms with Crippen molar-refractivity contribution in [1.82, 2.24) is 5.32 Å². The molecule has 1 aromatic rings. The zero-order valence-electron chi connectivity index (χ0n) is 11.9. The monoisotopic (exact) mass is 251 g/mol. The van der Waals surface area contributed by atoms with Crippen molar-refractivity contribution < 1.29 is 9.47 Å². The Hall–Kier alpha value is -1.06. The topological polar surface area (TPSA) is 30.5 Å². The molecule has 18 heavy (non-hydrogen) atoms. The predicted octanol–water partition coefficient (Wildman–Crippen LogP) is 2.50. The van der Waals surface area contributed by atoms with Crippen LogP contribution in [-0.4, -0.2) is 33.4 Å². The molecule has 0 saturated carbocycles. The van der Waals surface area contributed by atoms with E-state index < -0.39 is 0 Å². The van der Waals surface area contributed by atoms with Crippen LogP contribution in [-0.2, 0) is 11.2 Å². The highest BCUT2D eigenvalue weighted by Crippen LogP contribution is 2.11. The maximum atomic E-state index is 5.22. The fourth-order valence-corrected chi connectivity index (χ4v) is 1.86. The lowest BCUT2D eigenvalue weighted by Crippen LogP contribution is -2.38. The fraction of sp³-hybridized carbons (Fsp3) is 0.600. The Bertz CT molecular complexity index is 322. The Morgan fingerprint density at radius 3 is 2.28 bits per heavy atom. The van der Waals surface area contributed by atoms with Gasteiger partial charge in [0.1, 0.15) is 5.75 Å². The van der Waals surface area contributed by atoms with Crippen molar-refractivity contribution in [3.8, 4) is 5.75 Å². The molecule has 3 nitrogen and oxygen atoms in total. The van der Waals surface area contributed by atoms with Gasteiger partial charge in [0.15, 0.2) is 0 Å². The highest BCUT2D eigenvalue weighted by atomic mass is 16.5. The van der Waals surface area contributed by atoms with E-state index in [1.54, 1.807) is 14.2 Å². The molecule has 1 aromatic carbocycles. The van der Waals surface area contributed by atoms with E-state index in [4.69, 9.17) is 9.47 Å². The molecule has 0 aromatic heterocycles. The molecule has 1 N–H and O–H groups in total. The molecule has 102 valence electrons. The van der Waals surface area contributed by atoms with Crippen LogP contribution in [0.1, 0.15) is 19.4 Å². The van der Waals surface area contributed by atoms with E-state index in [1.165, 1.54) is 5.56 Å². The first-order chi connectivity index (χ1) is 8.67. The molecule has 0 bridgehead atoms. The van der Waals surface area contributed by atoms with Gasteiger partial charge in [0.25, 0.3) is 0 Å². The lowest BCUT2D eigenvalue weighted by atomic mass is 10.0. The summed E-state index contributed by atoms with van der Waals surface area (Å²) in [6.45, 7) is 6.16. The van der Waals surface area contributed by atoms with Gasteiger partial charge in [0.2, 0.25) is 0 Å². The van der Waals surface area contributed by atoms with Gasteiger partial charge in [-0.1, -0.05) is 26.0 Å². The highest BCUT2D eigenvalue weighted by molar-refractivity contribution is 5.27. The molecule has 1 atom stereocenters. The molecule has 0 spiro atoms. The summed E-state index contributed by atoms with van der Waals surface area (Å²) < 4.78 is 10.4. The zero-order valence-corrected chi connectivity index (χ0v) is 11.9. The number of rotatable bonds is 8. The number of ether oxygens (including phenoxy) is 2. The number of methoxy groups -OCH3 is 2. The SMILES string of the molecule is COCC(NCCc1ccc(OC)cc1)C(C)C. The van der Waals surface area contributed by atoms with Gasteiger partial charge in [-0.15, -0.1) is 0 Å². The lowest BCUT2D eigenvalue weighted by Gasteiger charge is -2.21. The van der Waals surface area contributed by atoms with E-state index in [2.05, 4.69) is 31.3 Å². The summed E-state index contributed by atoms with van der Waals surface area (Å²) in [6, 6.07) is 8.66. The molecular formula is C15H25NO2. The van der Waals surface area contributed by atoms with Crippen LogP contribution in [0, 0.1) is 5.92 Å². The third-order valence-electron chi connectivity index (χ3n) is 3.13. The van der Waals surface area contributed by atoms with E-state index >= 15 is 0 Å². The minimum absolute atomic E-state index is 0.424. The summed E-state index contributed by atoms with van der Waals surface area (Å²) in [4.78, 5) is 0. The van der Waals surface area contributed by atoms with E-state index in [9.17, 15) is 0 Å². The summed E-state index contributed by atoms with van der Waals surface area (Å²) in [5.41, 5.74) is 1.32. The summed E-state index contributed by atoms with van der Waals surface area (Å²) in [5, 5.41) is 3.54. The van der Waals surface area contributed by atoms with E-state index in [0.717, 1.165) is 25.3 Å². The van der Waals surface area contributed by atoms with Crippen molar-refractivity contribution in [3.63, 3.8) is 0 Å². The molecule has 0 heterocycles. The Labute approximate surface area is 110 Å². The largest absolute Gasteiger partial charge is 0.497 e. The molecule has 0 aliphatic carbocycles. The van der Waals surface area contributed by atoms with Crippen molar-refractivity contribution in [2.24, 2.45) is 5.92 Å². The number of nitrogens with one attached hydrogen (secondary N) is 1. The van der Waals surface area contributed by atoms with Gasteiger partial charge in [0, 0.05) is 13.2 Å². The van der Waals surface area contributed by atoms with Gasteiger partial charge in [-0.3, -0.25) is 0 Å². The summed E-state index contributed by atoms with van der Waals surface area (Å²) in [7, 11) is 3.44. The van der Waals surface area contributed by atoms with Crippen molar-refractivity contribution >= 4 is 0 Å². The second-order valence-electron chi connectivity index (χ2n) is 4.86. The van der Waals surface area contributed by atoms with E-state index in [0.29, 0.717) is 12.0 Å². The van der Waals surface area contributed by atoms with Crippen LogP contribution in [0.15, 0.2) is 24.3 Å². The molecule has 0 aliphatic rings. The van der Waals surface area contributed by atoms with Crippen molar-refractivity contribution in [1.29, 1.82) is 0 Å². The number of hydrogen-bond donors (Lipinski definition) is 1. The molecular weight excluding hydrogens is 226 g/mol. The molecule has 0 amide bonds. The van der Waals surface area contributed by atoms with Crippen LogP contribution in [0.5, 0.6) is 5.75 Å². The fourth-order valence-electron chi connectivity index (χ4n) is 1.86. The van der Waals surface area contributed by atoms with Crippen molar-refractivity contribution in [2.45, 2.75) is 26.3 Å². The van der Waals surface area contributed by atoms with Crippen LogP contribution < -0.4 is 10.1 Å². The van der Waals surface area contributed by atoms with Gasteiger partial charge in [-0.25, -0.2) is 0 Å². The Morgan fingerprint density at radius 1 is 1.11 bits per heavy atom. The van der Waals surface area contributed by atoms with E-state index in [1.807, 2.05) is 12.1 Å². The summed E-state index contributed by atoms with van der Waals surface area (Å²) in [5.74, 6) is 1.49. The van der Waals surface area contributed by atoms with Gasteiger partial charge in [0.05, 0.1) is 13.7 Å². The van der Waals surface area contributed by atoms with Crippen molar-refractivity contribution in [3.05, 3.63) is 29.8 Å². The summed E-state index contributed by atoms with van der Waals surface area (Å²) >= 11 is 0. The minimum atomic E-state index is 0.424. The first-order valence-electron chi connectivity index (χ1n) is 6.52. The first kappa shape index (κ1) is 15.0. The Kier molecular flexibility index (Phi) is 6.76. The number of benzene rings is 1. The standard InChI is InChI=1S/C15H25NO2/c1-12(2)15(11-17-3)16-10-9-13-5-7-14(18-4)8-6-13/h5-8,12,15-16H,9-11H2,1-4H3. The van der Waals surface area contributed by atoms with Crippen LogP contribution in [0.3, 0.4) is 0 Å². The molecule has 0 aliphatic heterocycles. The third-order valence-corrected chi connectivity index (χ3v) is 3.13. The molecule has 3 heteroatoms. The number of hydrogen-bond acceptors (Lipinski definition) is 3. The van der Waals surface area contributed by atoms with Gasteiger partial charge in [-0.05, 0) is 36.6 Å². The zero-order chi connectivity index (χ0) is 13.4. The molecule has 1 rings (SSSR count). The average Bonchev–Trinajstić information content (AvgIpc) is 2.38.